The highest BCUT2D eigenvalue weighted by Gasteiger charge is 2.37. The monoisotopic (exact) mass is 556 g/mol. The predicted octanol–water partition coefficient (Wildman–Crippen LogP) is 5.34. The molecule has 1 aliphatic rings. The fraction of sp³-hybridized carbons (Fsp3) is 0.222. The number of hydrogen-bond acceptors (Lipinski definition) is 5. The Labute approximate surface area is 230 Å². The van der Waals surface area contributed by atoms with Gasteiger partial charge in [0.1, 0.15) is 11.8 Å². The standard InChI is InChI=1S/C27H23Cl3N4O3/c1-32(33(17-31)14-18-6-8-21(28)9-7-18)27(36)24-12-19-4-2-3-5-20(19)15-34(24)26(35)16-37-25-11-10-22(29)13-23(25)30/h2-11,13,24H,12,14-16H2,1H3/t24-/m0/s1. The summed E-state index contributed by atoms with van der Waals surface area (Å²) in [5.41, 5.74) is 2.73. The van der Waals surface area contributed by atoms with E-state index in [2.05, 4.69) is 6.19 Å². The number of likely N-dealkylation sites (N-methyl/N-ethyl adjacent to an activating group) is 1. The normalized spacial score (nSPS) is 14.4. The minimum absolute atomic E-state index is 0.172. The molecule has 2 amide bonds. The molecule has 0 spiro atoms. The molecule has 1 aliphatic heterocycles. The fourth-order valence-electron chi connectivity index (χ4n) is 4.13. The first-order chi connectivity index (χ1) is 17.8. The van der Waals surface area contributed by atoms with Gasteiger partial charge in [-0.3, -0.25) is 9.59 Å². The molecule has 0 fully saturated rings. The molecule has 190 valence electrons. The molecule has 0 aliphatic carbocycles. The molecule has 0 saturated carbocycles. The Kier molecular flexibility index (Phi) is 8.45. The quantitative estimate of drug-likeness (QED) is 0.223. The van der Waals surface area contributed by atoms with Crippen molar-refractivity contribution in [1.82, 2.24) is 14.9 Å². The van der Waals surface area contributed by atoms with Gasteiger partial charge in [-0.1, -0.05) is 71.2 Å². The third-order valence-electron chi connectivity index (χ3n) is 6.14. The minimum Gasteiger partial charge on any atom is -0.482 e. The van der Waals surface area contributed by atoms with Crippen LogP contribution in [0.4, 0.5) is 0 Å². The molecule has 0 saturated heterocycles. The number of carbonyl (C=O) groups is 2. The van der Waals surface area contributed by atoms with Gasteiger partial charge in [-0.25, -0.2) is 10.0 Å². The Morgan fingerprint density at radius 1 is 1.03 bits per heavy atom. The van der Waals surface area contributed by atoms with Crippen molar-refractivity contribution in [2.24, 2.45) is 0 Å². The molecule has 7 nitrogen and oxygen atoms in total. The number of carbonyl (C=O) groups excluding carboxylic acids is 2. The maximum absolute atomic E-state index is 13.7. The summed E-state index contributed by atoms with van der Waals surface area (Å²) in [7, 11) is 1.52. The van der Waals surface area contributed by atoms with Crippen LogP contribution in [-0.4, -0.2) is 46.4 Å². The Morgan fingerprint density at radius 2 is 1.70 bits per heavy atom. The Morgan fingerprint density at radius 3 is 2.38 bits per heavy atom. The van der Waals surface area contributed by atoms with Crippen LogP contribution in [0.3, 0.4) is 0 Å². The molecular formula is C27H23Cl3N4O3. The highest BCUT2D eigenvalue weighted by atomic mass is 35.5. The van der Waals surface area contributed by atoms with Gasteiger partial charge in [-0.05, 0) is 47.0 Å². The van der Waals surface area contributed by atoms with Crippen LogP contribution in [0.25, 0.3) is 0 Å². The first-order valence-electron chi connectivity index (χ1n) is 11.4. The molecule has 1 heterocycles. The topological polar surface area (TPSA) is 76.9 Å². The van der Waals surface area contributed by atoms with Crippen LogP contribution in [0, 0.1) is 11.5 Å². The lowest BCUT2D eigenvalue weighted by atomic mass is 9.93. The third kappa shape index (κ3) is 6.28. The van der Waals surface area contributed by atoms with Gasteiger partial charge < -0.3 is 9.64 Å². The van der Waals surface area contributed by atoms with E-state index < -0.39 is 6.04 Å². The van der Waals surface area contributed by atoms with Crippen LogP contribution < -0.4 is 4.74 Å². The molecule has 0 aromatic heterocycles. The van der Waals surface area contributed by atoms with Gasteiger partial charge in [0.2, 0.25) is 0 Å². The molecule has 1 atom stereocenters. The molecule has 0 bridgehead atoms. The first-order valence-corrected chi connectivity index (χ1v) is 12.5. The largest absolute Gasteiger partial charge is 0.482 e. The molecule has 0 N–H and O–H groups in total. The maximum Gasteiger partial charge on any atom is 0.264 e. The summed E-state index contributed by atoms with van der Waals surface area (Å²) in [5, 5.41) is 13.6. The van der Waals surface area contributed by atoms with Gasteiger partial charge >= 0.3 is 0 Å². The van der Waals surface area contributed by atoms with E-state index in [1.54, 1.807) is 36.4 Å². The zero-order chi connectivity index (χ0) is 26.5. The number of hydrazine groups is 1. The summed E-state index contributed by atoms with van der Waals surface area (Å²) in [4.78, 5) is 28.5. The summed E-state index contributed by atoms with van der Waals surface area (Å²) < 4.78 is 5.66. The van der Waals surface area contributed by atoms with Gasteiger partial charge in [0.05, 0.1) is 11.6 Å². The molecule has 4 rings (SSSR count). The van der Waals surface area contributed by atoms with E-state index >= 15 is 0 Å². The summed E-state index contributed by atoms with van der Waals surface area (Å²) in [6.45, 7) is 0.0930. The van der Waals surface area contributed by atoms with E-state index in [0.29, 0.717) is 22.2 Å². The van der Waals surface area contributed by atoms with Crippen molar-refractivity contribution in [3.8, 4) is 11.9 Å². The van der Waals surface area contributed by atoms with E-state index in [9.17, 15) is 14.9 Å². The second kappa shape index (κ2) is 11.7. The Bertz CT molecular complexity index is 1340. The van der Waals surface area contributed by atoms with Crippen molar-refractivity contribution in [1.29, 1.82) is 5.26 Å². The van der Waals surface area contributed by atoms with E-state index in [1.807, 2.05) is 24.3 Å². The number of amides is 2. The van der Waals surface area contributed by atoms with Crippen molar-refractivity contribution in [3.63, 3.8) is 0 Å². The zero-order valence-corrected chi connectivity index (χ0v) is 22.2. The van der Waals surface area contributed by atoms with Gasteiger partial charge in [-0.15, -0.1) is 0 Å². The lowest BCUT2D eigenvalue weighted by Gasteiger charge is -2.39. The summed E-state index contributed by atoms with van der Waals surface area (Å²) >= 11 is 18.1. The number of halogens is 3. The van der Waals surface area contributed by atoms with Gasteiger partial charge in [0, 0.05) is 30.1 Å². The molecule has 10 heteroatoms. The summed E-state index contributed by atoms with van der Waals surface area (Å²) in [6.07, 6.45) is 2.37. The number of hydrogen-bond donors (Lipinski definition) is 0. The van der Waals surface area contributed by atoms with Gasteiger partial charge in [0.15, 0.2) is 12.8 Å². The number of benzene rings is 3. The zero-order valence-electron chi connectivity index (χ0n) is 19.9. The van der Waals surface area contributed by atoms with Crippen LogP contribution in [0.1, 0.15) is 16.7 Å². The van der Waals surface area contributed by atoms with Crippen LogP contribution in [0.2, 0.25) is 15.1 Å². The van der Waals surface area contributed by atoms with Crippen LogP contribution >= 0.6 is 34.8 Å². The number of rotatable bonds is 7. The van der Waals surface area contributed by atoms with Crippen LogP contribution in [0.5, 0.6) is 5.75 Å². The SMILES string of the molecule is CN(C(=O)[C@@H]1Cc2ccccc2CN1C(=O)COc1ccc(Cl)cc1Cl)N(C#N)Cc1ccc(Cl)cc1. The lowest BCUT2D eigenvalue weighted by Crippen LogP contribution is -2.56. The van der Waals surface area contributed by atoms with E-state index in [0.717, 1.165) is 16.7 Å². The van der Waals surface area contributed by atoms with Crippen molar-refractivity contribution in [3.05, 3.63) is 98.5 Å². The van der Waals surface area contributed by atoms with Gasteiger partial charge in [-0.2, -0.15) is 5.26 Å². The second-order valence-electron chi connectivity index (χ2n) is 8.52. The van der Waals surface area contributed by atoms with E-state index in [-0.39, 0.29) is 36.5 Å². The molecule has 3 aromatic rings. The number of fused-ring (bicyclic) bond motifs is 1. The Balaban J connectivity index is 1.54. The molecule has 3 aromatic carbocycles. The van der Waals surface area contributed by atoms with Crippen molar-refractivity contribution < 1.29 is 14.3 Å². The van der Waals surface area contributed by atoms with E-state index in [4.69, 9.17) is 39.5 Å². The van der Waals surface area contributed by atoms with Crippen molar-refractivity contribution in [2.75, 3.05) is 13.7 Å². The fourth-order valence-corrected chi connectivity index (χ4v) is 4.72. The first kappa shape index (κ1) is 26.6. The summed E-state index contributed by atoms with van der Waals surface area (Å²) in [5.74, 6) is -0.452. The number of nitriles is 1. The molecule has 0 radical (unpaired) electrons. The second-order valence-corrected chi connectivity index (χ2v) is 9.80. The predicted molar refractivity (Wildman–Crippen MR) is 142 cm³/mol. The van der Waals surface area contributed by atoms with Crippen molar-refractivity contribution in [2.45, 2.75) is 25.6 Å². The molecular weight excluding hydrogens is 535 g/mol. The van der Waals surface area contributed by atoms with E-state index in [1.165, 1.54) is 28.0 Å². The lowest BCUT2D eigenvalue weighted by molar-refractivity contribution is -0.155. The Hall–Kier alpha value is -3.44. The smallest absolute Gasteiger partial charge is 0.264 e. The third-order valence-corrected chi connectivity index (χ3v) is 6.92. The van der Waals surface area contributed by atoms with Crippen molar-refractivity contribution >= 4 is 46.6 Å². The highest BCUT2D eigenvalue weighted by Crippen LogP contribution is 2.29. The highest BCUT2D eigenvalue weighted by molar-refractivity contribution is 6.35. The molecule has 0 unspecified atom stereocenters. The van der Waals surface area contributed by atoms with Crippen LogP contribution in [-0.2, 0) is 29.1 Å². The average molecular weight is 558 g/mol. The minimum atomic E-state index is -0.822. The summed E-state index contributed by atoms with van der Waals surface area (Å²) in [6, 6.07) is 18.6. The number of nitrogens with zero attached hydrogens (tertiary/aromatic N) is 4. The maximum atomic E-state index is 13.7. The van der Waals surface area contributed by atoms with Gasteiger partial charge in [0.25, 0.3) is 11.8 Å². The van der Waals surface area contributed by atoms with Crippen LogP contribution in [0.15, 0.2) is 66.7 Å². The number of ether oxygens (including phenoxy) is 1. The average Bonchev–Trinajstić information content (AvgIpc) is 2.90. The molecule has 37 heavy (non-hydrogen) atoms.